The topological polar surface area (TPSA) is 79.8 Å². The van der Waals surface area contributed by atoms with Gasteiger partial charge in [-0.2, -0.15) is 0 Å². The van der Waals surface area contributed by atoms with E-state index in [0.717, 1.165) is 23.9 Å². The van der Waals surface area contributed by atoms with Gasteiger partial charge in [-0.15, -0.1) is 13.2 Å². The van der Waals surface area contributed by atoms with Crippen LogP contribution in [-0.2, 0) is 9.59 Å². The molecule has 146 valence electrons. The smallest absolute Gasteiger partial charge is 0.406 e. The molecule has 0 bridgehead atoms. The van der Waals surface area contributed by atoms with Crippen LogP contribution in [0.2, 0.25) is 0 Å². The van der Waals surface area contributed by atoms with Gasteiger partial charge in [0.15, 0.2) is 5.17 Å². The van der Waals surface area contributed by atoms with Crippen LogP contribution in [0.4, 0.5) is 24.5 Å². The van der Waals surface area contributed by atoms with Crippen molar-refractivity contribution in [1.29, 1.82) is 0 Å². The van der Waals surface area contributed by atoms with Gasteiger partial charge in [0, 0.05) is 12.1 Å². The maximum absolute atomic E-state index is 12.1. The second-order valence-corrected chi connectivity index (χ2v) is 6.86. The first-order valence-electron chi connectivity index (χ1n) is 8.05. The molecular weight excluding hydrogens is 395 g/mol. The van der Waals surface area contributed by atoms with Crippen molar-refractivity contribution in [3.8, 4) is 5.75 Å². The number of nitrogens with zero attached hydrogens (tertiary/aromatic N) is 1. The van der Waals surface area contributed by atoms with Gasteiger partial charge in [0.2, 0.25) is 11.8 Å². The Morgan fingerprint density at radius 2 is 1.82 bits per heavy atom. The minimum Gasteiger partial charge on any atom is -0.406 e. The Hall–Kier alpha value is -3.01. The van der Waals surface area contributed by atoms with Gasteiger partial charge in [-0.25, -0.2) is 4.99 Å². The molecule has 1 saturated heterocycles. The molecule has 0 spiro atoms. The maximum Gasteiger partial charge on any atom is 0.573 e. The molecule has 0 aromatic heterocycles. The zero-order chi connectivity index (χ0) is 20.1. The number of carbonyl (C=O) groups excluding carboxylic acids is 2. The van der Waals surface area contributed by atoms with Gasteiger partial charge in [0.05, 0.1) is 5.69 Å². The molecule has 1 atom stereocenters. The van der Waals surface area contributed by atoms with Gasteiger partial charge in [0.25, 0.3) is 0 Å². The summed E-state index contributed by atoms with van der Waals surface area (Å²) in [6.07, 6.45) is -4.89. The highest BCUT2D eigenvalue weighted by Gasteiger charge is 2.32. The molecule has 0 saturated carbocycles. The second-order valence-electron chi connectivity index (χ2n) is 5.67. The van der Waals surface area contributed by atoms with Gasteiger partial charge < -0.3 is 15.4 Å². The van der Waals surface area contributed by atoms with E-state index in [0.29, 0.717) is 16.5 Å². The van der Waals surface area contributed by atoms with E-state index in [2.05, 4.69) is 20.4 Å². The summed E-state index contributed by atoms with van der Waals surface area (Å²) >= 11 is 1.14. The molecule has 2 aromatic rings. The number of amidine groups is 1. The summed E-state index contributed by atoms with van der Waals surface area (Å²) in [5.74, 6) is -1.17. The number of hydrogen-bond acceptors (Lipinski definition) is 5. The molecule has 2 amide bonds. The number of alkyl halides is 3. The molecule has 1 fully saturated rings. The SMILES string of the molecule is O=C(C[C@H]1SC(=Nc2ccccc2)NC1=O)Nc1ccc(OC(F)(F)F)cc1. The van der Waals surface area contributed by atoms with Crippen LogP contribution in [0.5, 0.6) is 5.75 Å². The highest BCUT2D eigenvalue weighted by atomic mass is 32.2. The fourth-order valence-corrected chi connectivity index (χ4v) is 3.32. The Bertz CT molecular complexity index is 886. The Morgan fingerprint density at radius 3 is 2.46 bits per heavy atom. The number of amides is 2. The van der Waals surface area contributed by atoms with Crippen LogP contribution in [0.3, 0.4) is 0 Å². The number of nitrogens with one attached hydrogen (secondary N) is 2. The summed E-state index contributed by atoms with van der Waals surface area (Å²) in [6.45, 7) is 0. The van der Waals surface area contributed by atoms with E-state index in [-0.39, 0.29) is 12.3 Å². The van der Waals surface area contributed by atoms with Crippen LogP contribution in [0, 0.1) is 0 Å². The summed E-state index contributed by atoms with van der Waals surface area (Å²) in [5.41, 5.74) is 0.970. The predicted octanol–water partition coefficient (Wildman–Crippen LogP) is 3.83. The Labute approximate surface area is 162 Å². The molecular formula is C18H14F3N3O3S. The zero-order valence-corrected chi connectivity index (χ0v) is 15.0. The maximum atomic E-state index is 12.1. The van der Waals surface area contributed by atoms with Crippen LogP contribution in [0.1, 0.15) is 6.42 Å². The molecule has 1 aliphatic heterocycles. The average molecular weight is 409 g/mol. The monoisotopic (exact) mass is 409 g/mol. The van der Waals surface area contributed by atoms with Crippen molar-refractivity contribution in [2.45, 2.75) is 18.0 Å². The normalized spacial score (nSPS) is 18.0. The minimum atomic E-state index is -4.78. The summed E-state index contributed by atoms with van der Waals surface area (Å²) in [6, 6.07) is 13.8. The summed E-state index contributed by atoms with van der Waals surface area (Å²) in [7, 11) is 0. The largest absolute Gasteiger partial charge is 0.573 e. The first kappa shape index (κ1) is 19.7. The third-order valence-corrected chi connectivity index (χ3v) is 4.59. The fraction of sp³-hybridized carbons (Fsp3) is 0.167. The summed E-state index contributed by atoms with van der Waals surface area (Å²) in [5, 5.41) is 4.92. The molecule has 10 heteroatoms. The van der Waals surface area contributed by atoms with E-state index >= 15 is 0 Å². The van der Waals surface area contributed by atoms with Crippen molar-refractivity contribution in [3.63, 3.8) is 0 Å². The molecule has 0 radical (unpaired) electrons. The van der Waals surface area contributed by atoms with Crippen molar-refractivity contribution in [2.75, 3.05) is 5.32 Å². The van der Waals surface area contributed by atoms with Gasteiger partial charge in [0.1, 0.15) is 11.0 Å². The molecule has 0 aliphatic carbocycles. The van der Waals surface area contributed by atoms with Crippen LogP contribution in [-0.4, -0.2) is 28.6 Å². The molecule has 1 aliphatic rings. The van der Waals surface area contributed by atoms with Crippen molar-refractivity contribution < 1.29 is 27.5 Å². The standard InChI is InChI=1S/C18H14F3N3O3S/c19-18(20,21)27-13-8-6-12(7-9-13)22-15(25)10-14-16(26)24-17(28-14)23-11-4-2-1-3-5-11/h1-9,14H,10H2,(H,22,25)(H,23,24,26)/t14-/m1/s1. The molecule has 2 N–H and O–H groups in total. The quantitative estimate of drug-likeness (QED) is 0.787. The predicted molar refractivity (Wildman–Crippen MR) is 99.4 cm³/mol. The number of thioether (sulfide) groups is 1. The van der Waals surface area contributed by atoms with Gasteiger partial charge in [-0.05, 0) is 36.4 Å². The van der Waals surface area contributed by atoms with Gasteiger partial charge in [-0.1, -0.05) is 30.0 Å². The number of aliphatic imine (C=N–C) groups is 1. The van der Waals surface area contributed by atoms with Crippen LogP contribution in [0.15, 0.2) is 59.6 Å². The van der Waals surface area contributed by atoms with E-state index in [9.17, 15) is 22.8 Å². The minimum absolute atomic E-state index is 0.106. The molecule has 0 unspecified atom stereocenters. The van der Waals surface area contributed by atoms with Crippen molar-refractivity contribution in [1.82, 2.24) is 5.32 Å². The van der Waals surface area contributed by atoms with E-state index < -0.39 is 23.3 Å². The van der Waals surface area contributed by atoms with Crippen LogP contribution < -0.4 is 15.4 Å². The number of anilines is 1. The fourth-order valence-electron chi connectivity index (χ4n) is 2.33. The number of carbonyl (C=O) groups is 2. The Morgan fingerprint density at radius 1 is 1.14 bits per heavy atom. The summed E-state index contributed by atoms with van der Waals surface area (Å²) in [4.78, 5) is 28.5. The van der Waals surface area contributed by atoms with E-state index in [4.69, 9.17) is 0 Å². The highest BCUT2D eigenvalue weighted by molar-refractivity contribution is 8.15. The Kier molecular flexibility index (Phi) is 5.88. The number of benzene rings is 2. The van der Waals surface area contributed by atoms with E-state index in [1.807, 2.05) is 18.2 Å². The van der Waals surface area contributed by atoms with Crippen molar-refractivity contribution in [2.24, 2.45) is 4.99 Å². The summed E-state index contributed by atoms with van der Waals surface area (Å²) < 4.78 is 40.2. The first-order chi connectivity index (χ1) is 13.3. The van der Waals surface area contributed by atoms with Crippen molar-refractivity contribution >= 4 is 40.1 Å². The number of para-hydroxylation sites is 1. The molecule has 6 nitrogen and oxygen atoms in total. The lowest BCUT2D eigenvalue weighted by Crippen LogP contribution is -2.28. The first-order valence-corrected chi connectivity index (χ1v) is 8.93. The number of rotatable bonds is 5. The van der Waals surface area contributed by atoms with Gasteiger partial charge in [-0.3, -0.25) is 9.59 Å². The van der Waals surface area contributed by atoms with Crippen LogP contribution >= 0.6 is 11.8 Å². The number of ether oxygens (including phenoxy) is 1. The number of halogens is 3. The van der Waals surface area contributed by atoms with Crippen molar-refractivity contribution in [3.05, 3.63) is 54.6 Å². The van der Waals surface area contributed by atoms with Crippen LogP contribution in [0.25, 0.3) is 0 Å². The lowest BCUT2D eigenvalue weighted by atomic mass is 10.2. The Balaban J connectivity index is 1.55. The number of hydrogen-bond donors (Lipinski definition) is 2. The molecule has 1 heterocycles. The third-order valence-electron chi connectivity index (χ3n) is 3.51. The molecule has 3 rings (SSSR count). The average Bonchev–Trinajstić information content (AvgIpc) is 2.95. The van der Waals surface area contributed by atoms with Gasteiger partial charge >= 0.3 is 6.36 Å². The lowest BCUT2D eigenvalue weighted by molar-refractivity contribution is -0.274. The molecule has 28 heavy (non-hydrogen) atoms. The third kappa shape index (κ3) is 5.74. The highest BCUT2D eigenvalue weighted by Crippen LogP contribution is 2.26. The van der Waals surface area contributed by atoms with E-state index in [1.165, 1.54) is 12.1 Å². The lowest BCUT2D eigenvalue weighted by Gasteiger charge is -2.10. The van der Waals surface area contributed by atoms with E-state index in [1.54, 1.807) is 12.1 Å². The zero-order valence-electron chi connectivity index (χ0n) is 14.2. The second kappa shape index (κ2) is 8.34. The molecule has 2 aromatic carbocycles.